The molecule has 0 radical (unpaired) electrons. The van der Waals surface area contributed by atoms with Crippen molar-refractivity contribution in [3.05, 3.63) is 11.1 Å². The van der Waals surface area contributed by atoms with Crippen LogP contribution >= 0.6 is 11.3 Å². The van der Waals surface area contributed by atoms with Crippen LogP contribution in [0.4, 0.5) is 9.93 Å². The smallest absolute Gasteiger partial charge is 0.410 e. The van der Waals surface area contributed by atoms with E-state index in [0.717, 1.165) is 25.1 Å². The summed E-state index contributed by atoms with van der Waals surface area (Å²) in [6.45, 7) is 6.33. The van der Waals surface area contributed by atoms with Gasteiger partial charge in [-0.25, -0.2) is 9.78 Å². The number of nitrogen functional groups attached to an aromatic ring is 1. The standard InChI is InChI=1S/C12H19N3O2S/c1-12(2,3)17-11(16)15-6-4-5-9(15)8-7-18-10(13)14-8/h7,9H,4-6H2,1-3H3,(H2,13,14)/t9-/m1/s1. The molecule has 0 aliphatic carbocycles. The zero-order valence-electron chi connectivity index (χ0n) is 11.0. The number of nitrogens with zero attached hydrogens (tertiary/aromatic N) is 2. The van der Waals surface area contributed by atoms with Gasteiger partial charge in [0.2, 0.25) is 0 Å². The summed E-state index contributed by atoms with van der Waals surface area (Å²) in [7, 11) is 0. The lowest BCUT2D eigenvalue weighted by molar-refractivity contribution is 0.0222. The quantitative estimate of drug-likeness (QED) is 0.851. The van der Waals surface area contributed by atoms with E-state index in [1.165, 1.54) is 11.3 Å². The van der Waals surface area contributed by atoms with Crippen LogP contribution in [-0.2, 0) is 4.74 Å². The first-order chi connectivity index (χ1) is 8.37. The lowest BCUT2D eigenvalue weighted by Crippen LogP contribution is -2.36. The highest BCUT2D eigenvalue weighted by atomic mass is 32.1. The Bertz CT molecular complexity index is 439. The topological polar surface area (TPSA) is 68.5 Å². The average Bonchev–Trinajstić information content (AvgIpc) is 2.81. The second-order valence-corrected chi connectivity index (χ2v) is 6.33. The third-order valence-electron chi connectivity index (χ3n) is 2.76. The Labute approximate surface area is 111 Å². The molecule has 6 heteroatoms. The van der Waals surface area contributed by atoms with Crippen molar-refractivity contribution in [3.63, 3.8) is 0 Å². The van der Waals surface area contributed by atoms with E-state index in [1.807, 2.05) is 26.2 Å². The summed E-state index contributed by atoms with van der Waals surface area (Å²) in [6.07, 6.45) is 1.63. The van der Waals surface area contributed by atoms with E-state index in [4.69, 9.17) is 10.5 Å². The fraction of sp³-hybridized carbons (Fsp3) is 0.667. The zero-order valence-corrected chi connectivity index (χ0v) is 11.8. The summed E-state index contributed by atoms with van der Waals surface area (Å²) in [5.41, 5.74) is 6.05. The minimum atomic E-state index is -0.467. The van der Waals surface area contributed by atoms with Gasteiger partial charge in [-0.1, -0.05) is 0 Å². The molecular formula is C12H19N3O2S. The van der Waals surface area contributed by atoms with Gasteiger partial charge in [0.15, 0.2) is 5.13 Å². The van der Waals surface area contributed by atoms with Crippen molar-refractivity contribution in [2.75, 3.05) is 12.3 Å². The number of anilines is 1. The number of thiazole rings is 1. The molecule has 0 aromatic carbocycles. The van der Waals surface area contributed by atoms with Crippen LogP contribution in [0.3, 0.4) is 0 Å². The number of nitrogens with two attached hydrogens (primary N) is 1. The molecule has 0 spiro atoms. The average molecular weight is 269 g/mol. The number of rotatable bonds is 1. The van der Waals surface area contributed by atoms with Gasteiger partial charge in [-0.15, -0.1) is 11.3 Å². The van der Waals surface area contributed by atoms with Crippen LogP contribution in [0.2, 0.25) is 0 Å². The van der Waals surface area contributed by atoms with Gasteiger partial charge in [-0.05, 0) is 33.6 Å². The van der Waals surface area contributed by atoms with E-state index < -0.39 is 5.60 Å². The van der Waals surface area contributed by atoms with E-state index in [0.29, 0.717) is 5.13 Å². The number of hydrogen-bond donors (Lipinski definition) is 1. The van der Waals surface area contributed by atoms with Gasteiger partial charge in [-0.2, -0.15) is 0 Å². The minimum Gasteiger partial charge on any atom is -0.444 e. The molecule has 0 bridgehead atoms. The van der Waals surface area contributed by atoms with Gasteiger partial charge in [0.1, 0.15) is 5.60 Å². The largest absolute Gasteiger partial charge is 0.444 e. The normalized spacial score (nSPS) is 20.2. The molecule has 1 aliphatic rings. The van der Waals surface area contributed by atoms with E-state index in [-0.39, 0.29) is 12.1 Å². The molecule has 2 N–H and O–H groups in total. The van der Waals surface area contributed by atoms with E-state index in [2.05, 4.69) is 4.98 Å². The molecule has 1 aromatic heterocycles. The molecule has 1 saturated heterocycles. The number of ether oxygens (including phenoxy) is 1. The molecule has 1 aliphatic heterocycles. The summed E-state index contributed by atoms with van der Waals surface area (Å²) in [4.78, 5) is 18.1. The summed E-state index contributed by atoms with van der Waals surface area (Å²) in [6, 6.07) is 0.00778. The molecule has 18 heavy (non-hydrogen) atoms. The van der Waals surface area contributed by atoms with Crippen molar-refractivity contribution in [1.82, 2.24) is 9.88 Å². The monoisotopic (exact) mass is 269 g/mol. The molecule has 0 saturated carbocycles. The Morgan fingerprint density at radius 2 is 2.33 bits per heavy atom. The number of amides is 1. The van der Waals surface area contributed by atoms with Crippen LogP contribution in [0, 0.1) is 0 Å². The van der Waals surface area contributed by atoms with Gasteiger partial charge in [0, 0.05) is 11.9 Å². The SMILES string of the molecule is CC(C)(C)OC(=O)N1CCC[C@@H]1c1csc(N)n1. The fourth-order valence-corrected chi connectivity index (χ4v) is 2.68. The van der Waals surface area contributed by atoms with Crippen LogP contribution in [0.25, 0.3) is 0 Å². The van der Waals surface area contributed by atoms with Crippen molar-refractivity contribution >= 4 is 22.6 Å². The molecule has 1 aromatic rings. The van der Waals surface area contributed by atoms with Gasteiger partial charge in [0.25, 0.3) is 0 Å². The van der Waals surface area contributed by atoms with Crippen LogP contribution in [0.15, 0.2) is 5.38 Å². The molecule has 2 rings (SSSR count). The van der Waals surface area contributed by atoms with Gasteiger partial charge >= 0.3 is 6.09 Å². The number of aromatic nitrogens is 1. The van der Waals surface area contributed by atoms with Crippen molar-refractivity contribution in [3.8, 4) is 0 Å². The lowest BCUT2D eigenvalue weighted by Gasteiger charge is -2.27. The third kappa shape index (κ3) is 2.93. The first kappa shape index (κ1) is 13.1. The highest BCUT2D eigenvalue weighted by Crippen LogP contribution is 2.34. The van der Waals surface area contributed by atoms with Crippen LogP contribution in [-0.4, -0.2) is 28.1 Å². The van der Waals surface area contributed by atoms with E-state index in [9.17, 15) is 4.79 Å². The second-order valence-electron chi connectivity index (χ2n) is 5.44. The number of hydrogen-bond acceptors (Lipinski definition) is 5. The maximum Gasteiger partial charge on any atom is 0.410 e. The summed E-state index contributed by atoms with van der Waals surface area (Å²) in [5.74, 6) is 0. The zero-order chi connectivity index (χ0) is 13.3. The van der Waals surface area contributed by atoms with Crippen molar-refractivity contribution in [2.45, 2.75) is 45.3 Å². The van der Waals surface area contributed by atoms with Crippen LogP contribution in [0.1, 0.15) is 45.3 Å². The van der Waals surface area contributed by atoms with Crippen molar-refractivity contribution in [2.24, 2.45) is 0 Å². The number of likely N-dealkylation sites (tertiary alicyclic amines) is 1. The summed E-state index contributed by atoms with van der Waals surface area (Å²) >= 11 is 1.41. The maximum atomic E-state index is 12.1. The first-order valence-electron chi connectivity index (χ1n) is 6.07. The van der Waals surface area contributed by atoms with Gasteiger partial charge < -0.3 is 10.5 Å². The first-order valence-corrected chi connectivity index (χ1v) is 6.95. The Balaban J connectivity index is 2.10. The predicted octanol–water partition coefficient (Wildman–Crippen LogP) is 2.80. The fourth-order valence-electron chi connectivity index (χ4n) is 2.07. The Morgan fingerprint density at radius 1 is 1.61 bits per heavy atom. The third-order valence-corrected chi connectivity index (χ3v) is 3.45. The Hall–Kier alpha value is -1.30. The molecule has 0 unspecified atom stereocenters. The van der Waals surface area contributed by atoms with E-state index >= 15 is 0 Å². The molecule has 100 valence electrons. The molecule has 2 heterocycles. The molecule has 1 fully saturated rings. The van der Waals surface area contributed by atoms with Crippen LogP contribution < -0.4 is 5.73 Å². The summed E-state index contributed by atoms with van der Waals surface area (Å²) in [5, 5.41) is 2.46. The van der Waals surface area contributed by atoms with Crippen molar-refractivity contribution in [1.29, 1.82) is 0 Å². The molecule has 1 amide bonds. The van der Waals surface area contributed by atoms with Crippen molar-refractivity contribution < 1.29 is 9.53 Å². The lowest BCUT2D eigenvalue weighted by atomic mass is 10.2. The predicted molar refractivity (Wildman–Crippen MR) is 71.4 cm³/mol. The van der Waals surface area contributed by atoms with E-state index in [1.54, 1.807) is 4.90 Å². The number of carbonyl (C=O) groups excluding carboxylic acids is 1. The van der Waals surface area contributed by atoms with Gasteiger partial charge in [0.05, 0.1) is 11.7 Å². The summed E-state index contributed by atoms with van der Waals surface area (Å²) < 4.78 is 5.41. The maximum absolute atomic E-state index is 12.1. The second kappa shape index (κ2) is 4.76. The molecular weight excluding hydrogens is 250 g/mol. The number of carbonyl (C=O) groups is 1. The highest BCUT2D eigenvalue weighted by Gasteiger charge is 2.34. The molecule has 5 nitrogen and oxygen atoms in total. The highest BCUT2D eigenvalue weighted by molar-refractivity contribution is 7.13. The van der Waals surface area contributed by atoms with Gasteiger partial charge in [-0.3, -0.25) is 4.90 Å². The van der Waals surface area contributed by atoms with Crippen LogP contribution in [0.5, 0.6) is 0 Å². The minimum absolute atomic E-state index is 0.00778. The Kier molecular flexibility index (Phi) is 3.47. The molecule has 1 atom stereocenters. The Morgan fingerprint density at radius 3 is 2.89 bits per heavy atom.